The third-order valence-electron chi connectivity index (χ3n) is 3.04. The van der Waals surface area contributed by atoms with Crippen LogP contribution in [0.3, 0.4) is 0 Å². The van der Waals surface area contributed by atoms with E-state index < -0.39 is 0 Å². The Bertz CT molecular complexity index is 667. The summed E-state index contributed by atoms with van der Waals surface area (Å²) in [5, 5.41) is 15.6. The van der Waals surface area contributed by atoms with Crippen molar-refractivity contribution in [1.29, 1.82) is 5.26 Å². The molecule has 1 aromatic carbocycles. The maximum Gasteiger partial charge on any atom is 0.225 e. The van der Waals surface area contributed by atoms with Crippen molar-refractivity contribution in [3.63, 3.8) is 0 Å². The number of nitrogens with zero attached hydrogens (tertiary/aromatic N) is 3. The van der Waals surface area contributed by atoms with Crippen LogP contribution in [0.1, 0.15) is 23.1 Å². The van der Waals surface area contributed by atoms with E-state index in [1.54, 1.807) is 7.05 Å². The normalized spacial score (nSPS) is 10.1. The van der Waals surface area contributed by atoms with Crippen LogP contribution in [-0.2, 0) is 18.3 Å². The number of benzene rings is 1. The number of hydrogen-bond acceptors (Lipinski definition) is 3. The molecular formula is C15H16N4O. The molecule has 5 heteroatoms. The number of nitriles is 1. The number of carbonyl (C=O) groups is 1. The first-order valence-electron chi connectivity index (χ1n) is 6.37. The van der Waals surface area contributed by atoms with E-state index in [9.17, 15) is 4.79 Å². The Kier molecular flexibility index (Phi) is 4.16. The lowest BCUT2D eigenvalue weighted by Gasteiger charge is -2.06. The van der Waals surface area contributed by atoms with Crippen molar-refractivity contribution in [2.45, 2.75) is 19.8 Å². The first kappa shape index (κ1) is 13.8. The van der Waals surface area contributed by atoms with Gasteiger partial charge in [-0.15, -0.1) is 0 Å². The number of anilines is 1. The number of aryl methyl sites for hydroxylation is 3. The Hall–Kier alpha value is -2.61. The maximum absolute atomic E-state index is 11.9. The van der Waals surface area contributed by atoms with Crippen LogP contribution in [0.15, 0.2) is 30.5 Å². The topological polar surface area (TPSA) is 70.7 Å². The lowest BCUT2D eigenvalue weighted by Crippen LogP contribution is -2.15. The molecule has 0 fully saturated rings. The van der Waals surface area contributed by atoms with Crippen LogP contribution in [0.2, 0.25) is 0 Å². The Labute approximate surface area is 117 Å². The van der Waals surface area contributed by atoms with Crippen molar-refractivity contribution in [3.8, 4) is 6.07 Å². The zero-order valence-electron chi connectivity index (χ0n) is 11.6. The summed E-state index contributed by atoms with van der Waals surface area (Å²) in [4.78, 5) is 11.9. The number of carbonyl (C=O) groups excluding carboxylic acids is 1. The van der Waals surface area contributed by atoms with Gasteiger partial charge in [-0.05, 0) is 18.9 Å². The molecule has 102 valence electrons. The standard InChI is InChI=1S/C15H16N4O/c1-11-4-3-5-12(8-11)6-7-14(20)18-15-13(9-16)10-17-19(15)2/h3-5,8,10H,6-7H2,1-2H3,(H,18,20). The third kappa shape index (κ3) is 3.23. The van der Waals surface area contributed by atoms with E-state index in [-0.39, 0.29) is 5.91 Å². The van der Waals surface area contributed by atoms with Gasteiger partial charge in [0.2, 0.25) is 5.91 Å². The van der Waals surface area contributed by atoms with Crippen LogP contribution in [0, 0.1) is 18.3 Å². The minimum Gasteiger partial charge on any atom is -0.310 e. The summed E-state index contributed by atoms with van der Waals surface area (Å²) in [6.45, 7) is 2.03. The van der Waals surface area contributed by atoms with Crippen molar-refractivity contribution in [2.24, 2.45) is 7.05 Å². The minimum atomic E-state index is -0.119. The van der Waals surface area contributed by atoms with Crippen LogP contribution >= 0.6 is 0 Å². The molecule has 0 aliphatic carbocycles. The zero-order valence-corrected chi connectivity index (χ0v) is 11.6. The average molecular weight is 268 g/mol. The van der Waals surface area contributed by atoms with E-state index in [1.807, 2.05) is 31.2 Å². The second kappa shape index (κ2) is 6.02. The molecule has 0 bridgehead atoms. The molecule has 1 aromatic heterocycles. The molecule has 1 amide bonds. The highest BCUT2D eigenvalue weighted by atomic mass is 16.1. The van der Waals surface area contributed by atoms with Crippen molar-refractivity contribution < 1.29 is 4.79 Å². The zero-order chi connectivity index (χ0) is 14.5. The largest absolute Gasteiger partial charge is 0.310 e. The van der Waals surface area contributed by atoms with Gasteiger partial charge in [-0.3, -0.25) is 9.48 Å². The number of aromatic nitrogens is 2. The molecule has 5 nitrogen and oxygen atoms in total. The van der Waals surface area contributed by atoms with E-state index in [2.05, 4.69) is 16.5 Å². The van der Waals surface area contributed by atoms with E-state index in [1.165, 1.54) is 16.4 Å². The van der Waals surface area contributed by atoms with Gasteiger partial charge in [0.05, 0.1) is 6.20 Å². The van der Waals surface area contributed by atoms with Gasteiger partial charge in [-0.25, -0.2) is 0 Å². The van der Waals surface area contributed by atoms with Crippen molar-refractivity contribution >= 4 is 11.7 Å². The molecule has 0 saturated carbocycles. The third-order valence-corrected chi connectivity index (χ3v) is 3.04. The van der Waals surface area contributed by atoms with Crippen LogP contribution in [-0.4, -0.2) is 15.7 Å². The van der Waals surface area contributed by atoms with Gasteiger partial charge < -0.3 is 5.32 Å². The Morgan fingerprint density at radius 3 is 3.00 bits per heavy atom. The molecule has 2 rings (SSSR count). The van der Waals surface area contributed by atoms with Gasteiger partial charge in [0.15, 0.2) is 0 Å². The van der Waals surface area contributed by atoms with Gasteiger partial charge in [0.1, 0.15) is 17.5 Å². The number of hydrogen-bond donors (Lipinski definition) is 1. The fraction of sp³-hybridized carbons (Fsp3) is 0.267. The highest BCUT2D eigenvalue weighted by molar-refractivity contribution is 5.91. The average Bonchev–Trinajstić information content (AvgIpc) is 2.77. The Morgan fingerprint density at radius 2 is 2.30 bits per heavy atom. The maximum atomic E-state index is 11.9. The smallest absolute Gasteiger partial charge is 0.225 e. The fourth-order valence-corrected chi connectivity index (χ4v) is 1.99. The van der Waals surface area contributed by atoms with E-state index in [4.69, 9.17) is 5.26 Å². The second-order valence-electron chi connectivity index (χ2n) is 4.68. The predicted molar refractivity (Wildman–Crippen MR) is 76.1 cm³/mol. The SMILES string of the molecule is Cc1cccc(CCC(=O)Nc2c(C#N)cnn2C)c1. The van der Waals surface area contributed by atoms with Crippen molar-refractivity contribution in [1.82, 2.24) is 9.78 Å². The molecule has 0 atom stereocenters. The Morgan fingerprint density at radius 1 is 1.50 bits per heavy atom. The molecule has 0 aliphatic heterocycles. The molecule has 0 aliphatic rings. The van der Waals surface area contributed by atoms with E-state index in [0.717, 1.165) is 5.56 Å². The summed E-state index contributed by atoms with van der Waals surface area (Å²) in [7, 11) is 1.69. The molecule has 0 unspecified atom stereocenters. The second-order valence-corrected chi connectivity index (χ2v) is 4.68. The van der Waals surface area contributed by atoms with Crippen LogP contribution < -0.4 is 5.32 Å². The van der Waals surface area contributed by atoms with E-state index >= 15 is 0 Å². The summed E-state index contributed by atoms with van der Waals surface area (Å²) >= 11 is 0. The highest BCUT2D eigenvalue weighted by Crippen LogP contribution is 2.13. The van der Waals surface area contributed by atoms with Crippen LogP contribution in [0.4, 0.5) is 5.82 Å². The molecule has 1 N–H and O–H groups in total. The van der Waals surface area contributed by atoms with Gasteiger partial charge in [0, 0.05) is 13.5 Å². The molecule has 1 heterocycles. The Balaban J connectivity index is 1.96. The van der Waals surface area contributed by atoms with Crippen molar-refractivity contribution in [2.75, 3.05) is 5.32 Å². The summed E-state index contributed by atoms with van der Waals surface area (Å²) in [5.41, 5.74) is 2.68. The molecule has 2 aromatic rings. The monoisotopic (exact) mass is 268 g/mol. The molecule has 20 heavy (non-hydrogen) atoms. The van der Waals surface area contributed by atoms with Gasteiger partial charge in [-0.2, -0.15) is 10.4 Å². The van der Waals surface area contributed by atoms with Gasteiger partial charge in [-0.1, -0.05) is 29.8 Å². The van der Waals surface area contributed by atoms with Gasteiger partial charge in [0.25, 0.3) is 0 Å². The lowest BCUT2D eigenvalue weighted by atomic mass is 10.1. The number of nitrogens with one attached hydrogen (secondary N) is 1. The quantitative estimate of drug-likeness (QED) is 0.923. The summed E-state index contributed by atoms with van der Waals surface area (Å²) in [6, 6.07) is 10.1. The number of amides is 1. The molecule has 0 saturated heterocycles. The molecular weight excluding hydrogens is 252 g/mol. The minimum absolute atomic E-state index is 0.119. The van der Waals surface area contributed by atoms with Gasteiger partial charge >= 0.3 is 0 Å². The molecule has 0 radical (unpaired) electrons. The van der Waals surface area contributed by atoms with E-state index in [0.29, 0.717) is 24.2 Å². The van der Waals surface area contributed by atoms with Crippen LogP contribution in [0.5, 0.6) is 0 Å². The predicted octanol–water partition coefficient (Wildman–Crippen LogP) is 2.17. The number of rotatable bonds is 4. The lowest BCUT2D eigenvalue weighted by molar-refractivity contribution is -0.116. The fourth-order valence-electron chi connectivity index (χ4n) is 1.99. The molecule has 0 spiro atoms. The van der Waals surface area contributed by atoms with Crippen molar-refractivity contribution in [3.05, 3.63) is 47.2 Å². The first-order chi connectivity index (χ1) is 9.60. The highest BCUT2D eigenvalue weighted by Gasteiger charge is 2.11. The summed E-state index contributed by atoms with van der Waals surface area (Å²) < 4.78 is 1.49. The van der Waals surface area contributed by atoms with Crippen LogP contribution in [0.25, 0.3) is 0 Å². The summed E-state index contributed by atoms with van der Waals surface area (Å²) in [5.74, 6) is 0.327. The first-order valence-corrected chi connectivity index (χ1v) is 6.37. The summed E-state index contributed by atoms with van der Waals surface area (Å²) in [6.07, 6.45) is 2.49.